The molecular weight excluding hydrogens is 264 g/mol. The fourth-order valence-corrected chi connectivity index (χ4v) is 3.20. The number of benzene rings is 1. The van der Waals surface area contributed by atoms with Crippen LogP contribution < -0.4 is 5.32 Å². The standard InChI is InChI=1S/C16H20N4O/c21-15(10-20-13-17-12-19-20)18-11-16(8-4-5-9-16)14-6-2-1-3-7-14/h1-3,6-7,12-13H,4-5,8-11H2,(H,18,21). The van der Waals surface area contributed by atoms with Crippen LogP contribution in [0.4, 0.5) is 0 Å². The monoisotopic (exact) mass is 284 g/mol. The number of aromatic nitrogens is 3. The van der Waals surface area contributed by atoms with Gasteiger partial charge in [0.1, 0.15) is 19.2 Å². The van der Waals surface area contributed by atoms with E-state index in [1.807, 2.05) is 6.07 Å². The predicted molar refractivity (Wildman–Crippen MR) is 79.6 cm³/mol. The normalized spacial score (nSPS) is 16.8. The quantitative estimate of drug-likeness (QED) is 0.912. The Hall–Kier alpha value is -2.17. The molecule has 1 N–H and O–H groups in total. The Balaban J connectivity index is 1.65. The highest BCUT2D eigenvalue weighted by molar-refractivity contribution is 5.75. The number of hydrogen-bond donors (Lipinski definition) is 1. The predicted octanol–water partition coefficient (Wildman–Crippen LogP) is 1.91. The molecule has 0 spiro atoms. The molecule has 1 heterocycles. The molecule has 0 atom stereocenters. The Morgan fingerprint density at radius 2 is 2.00 bits per heavy atom. The van der Waals surface area contributed by atoms with Gasteiger partial charge in [0.2, 0.25) is 5.91 Å². The van der Waals surface area contributed by atoms with Crippen LogP contribution in [0.25, 0.3) is 0 Å². The van der Waals surface area contributed by atoms with Crippen molar-refractivity contribution in [2.45, 2.75) is 37.6 Å². The first kappa shape index (κ1) is 13.8. The largest absolute Gasteiger partial charge is 0.354 e. The molecule has 2 aromatic rings. The van der Waals surface area contributed by atoms with Crippen LogP contribution >= 0.6 is 0 Å². The Labute approximate surface area is 124 Å². The Morgan fingerprint density at radius 1 is 1.24 bits per heavy atom. The van der Waals surface area contributed by atoms with Gasteiger partial charge in [0.25, 0.3) is 0 Å². The molecule has 21 heavy (non-hydrogen) atoms. The van der Waals surface area contributed by atoms with Crippen molar-refractivity contribution in [2.24, 2.45) is 0 Å². The summed E-state index contributed by atoms with van der Waals surface area (Å²) in [4.78, 5) is 15.9. The summed E-state index contributed by atoms with van der Waals surface area (Å²) in [5.41, 5.74) is 1.43. The van der Waals surface area contributed by atoms with E-state index >= 15 is 0 Å². The van der Waals surface area contributed by atoms with Crippen LogP contribution in [0, 0.1) is 0 Å². The summed E-state index contributed by atoms with van der Waals surface area (Å²) in [7, 11) is 0. The molecule has 1 saturated carbocycles. The zero-order valence-corrected chi connectivity index (χ0v) is 12.0. The summed E-state index contributed by atoms with van der Waals surface area (Å²) < 4.78 is 1.54. The van der Waals surface area contributed by atoms with Crippen molar-refractivity contribution in [3.63, 3.8) is 0 Å². The van der Waals surface area contributed by atoms with E-state index in [0.717, 1.165) is 12.8 Å². The molecule has 1 fully saturated rings. The fourth-order valence-electron chi connectivity index (χ4n) is 3.20. The SMILES string of the molecule is O=C(Cn1cncn1)NCC1(c2ccccc2)CCCC1. The van der Waals surface area contributed by atoms with Gasteiger partial charge in [0, 0.05) is 12.0 Å². The maximum Gasteiger partial charge on any atom is 0.241 e. The van der Waals surface area contributed by atoms with E-state index < -0.39 is 0 Å². The second-order valence-electron chi connectivity index (χ2n) is 5.72. The third-order valence-corrected chi connectivity index (χ3v) is 4.34. The second kappa shape index (κ2) is 6.08. The van der Waals surface area contributed by atoms with Crippen LogP contribution in [0.2, 0.25) is 0 Å². The summed E-state index contributed by atoms with van der Waals surface area (Å²) in [6, 6.07) is 10.5. The van der Waals surface area contributed by atoms with Gasteiger partial charge < -0.3 is 5.32 Å². The molecule has 0 radical (unpaired) electrons. The molecule has 0 bridgehead atoms. The molecule has 1 aromatic carbocycles. The third-order valence-electron chi connectivity index (χ3n) is 4.34. The zero-order valence-electron chi connectivity index (χ0n) is 12.0. The first-order valence-corrected chi connectivity index (χ1v) is 7.43. The van der Waals surface area contributed by atoms with Crippen molar-refractivity contribution in [2.75, 3.05) is 6.54 Å². The van der Waals surface area contributed by atoms with Crippen LogP contribution in [0.1, 0.15) is 31.2 Å². The van der Waals surface area contributed by atoms with Gasteiger partial charge in [-0.1, -0.05) is 43.2 Å². The lowest BCUT2D eigenvalue weighted by atomic mass is 9.79. The lowest BCUT2D eigenvalue weighted by Crippen LogP contribution is -2.40. The zero-order chi connectivity index (χ0) is 14.5. The highest BCUT2D eigenvalue weighted by atomic mass is 16.2. The van der Waals surface area contributed by atoms with Gasteiger partial charge in [-0.2, -0.15) is 5.10 Å². The Morgan fingerprint density at radius 3 is 2.67 bits per heavy atom. The van der Waals surface area contributed by atoms with Crippen LogP contribution in [0.3, 0.4) is 0 Å². The third kappa shape index (κ3) is 3.12. The minimum atomic E-state index is -0.0114. The van der Waals surface area contributed by atoms with Crippen molar-refractivity contribution < 1.29 is 4.79 Å². The number of nitrogens with one attached hydrogen (secondary N) is 1. The van der Waals surface area contributed by atoms with E-state index in [1.54, 1.807) is 11.0 Å². The lowest BCUT2D eigenvalue weighted by Gasteiger charge is -2.30. The van der Waals surface area contributed by atoms with Crippen molar-refractivity contribution in [3.05, 3.63) is 48.5 Å². The molecule has 0 aliphatic heterocycles. The van der Waals surface area contributed by atoms with E-state index in [-0.39, 0.29) is 17.9 Å². The van der Waals surface area contributed by atoms with Gasteiger partial charge >= 0.3 is 0 Å². The molecule has 5 heteroatoms. The molecule has 1 aliphatic rings. The van der Waals surface area contributed by atoms with Crippen LogP contribution in [0.5, 0.6) is 0 Å². The molecule has 1 amide bonds. The lowest BCUT2D eigenvalue weighted by molar-refractivity contribution is -0.122. The molecule has 0 saturated heterocycles. The molecule has 1 aromatic heterocycles. The smallest absolute Gasteiger partial charge is 0.241 e. The van der Waals surface area contributed by atoms with E-state index in [2.05, 4.69) is 39.7 Å². The average Bonchev–Trinajstić information content (AvgIpc) is 3.18. The van der Waals surface area contributed by atoms with Crippen molar-refractivity contribution in [1.29, 1.82) is 0 Å². The highest BCUT2D eigenvalue weighted by Gasteiger charge is 2.35. The van der Waals surface area contributed by atoms with Crippen molar-refractivity contribution in [1.82, 2.24) is 20.1 Å². The number of amides is 1. The highest BCUT2D eigenvalue weighted by Crippen LogP contribution is 2.40. The molecule has 3 rings (SSSR count). The van der Waals surface area contributed by atoms with Gasteiger partial charge in [-0.15, -0.1) is 0 Å². The average molecular weight is 284 g/mol. The molecule has 110 valence electrons. The Bertz CT molecular complexity index is 574. The topological polar surface area (TPSA) is 59.8 Å². The maximum atomic E-state index is 12.0. The summed E-state index contributed by atoms with van der Waals surface area (Å²) in [5.74, 6) is -0.0114. The molecule has 0 unspecified atom stereocenters. The van der Waals surface area contributed by atoms with E-state index in [1.165, 1.54) is 24.7 Å². The van der Waals surface area contributed by atoms with Crippen molar-refractivity contribution >= 4 is 5.91 Å². The summed E-state index contributed by atoms with van der Waals surface area (Å²) in [6.45, 7) is 0.926. The Kier molecular flexibility index (Phi) is 3.99. The first-order valence-electron chi connectivity index (χ1n) is 7.43. The van der Waals surface area contributed by atoms with Crippen LogP contribution in [0.15, 0.2) is 43.0 Å². The minimum absolute atomic E-state index is 0.0114. The molecule has 5 nitrogen and oxygen atoms in total. The minimum Gasteiger partial charge on any atom is -0.354 e. The van der Waals surface area contributed by atoms with Crippen molar-refractivity contribution in [3.8, 4) is 0 Å². The number of rotatable bonds is 5. The number of carbonyl (C=O) groups is 1. The second-order valence-corrected chi connectivity index (χ2v) is 5.72. The van der Waals surface area contributed by atoms with Crippen LogP contribution in [-0.4, -0.2) is 27.2 Å². The fraction of sp³-hybridized carbons (Fsp3) is 0.438. The maximum absolute atomic E-state index is 12.0. The van der Waals surface area contributed by atoms with Crippen LogP contribution in [-0.2, 0) is 16.8 Å². The number of hydrogen-bond acceptors (Lipinski definition) is 3. The van der Waals surface area contributed by atoms with E-state index in [0.29, 0.717) is 6.54 Å². The van der Waals surface area contributed by atoms with E-state index in [4.69, 9.17) is 0 Å². The first-order chi connectivity index (χ1) is 10.3. The van der Waals surface area contributed by atoms with Gasteiger partial charge in [-0.25, -0.2) is 9.67 Å². The van der Waals surface area contributed by atoms with Gasteiger partial charge in [-0.05, 0) is 18.4 Å². The van der Waals surface area contributed by atoms with E-state index in [9.17, 15) is 4.79 Å². The molecular formula is C16H20N4O. The van der Waals surface area contributed by atoms with Gasteiger partial charge in [0.15, 0.2) is 0 Å². The molecule has 1 aliphatic carbocycles. The van der Waals surface area contributed by atoms with Gasteiger partial charge in [0.05, 0.1) is 0 Å². The summed E-state index contributed by atoms with van der Waals surface area (Å²) in [6.07, 6.45) is 7.74. The summed E-state index contributed by atoms with van der Waals surface area (Å²) in [5, 5.41) is 7.03. The van der Waals surface area contributed by atoms with Gasteiger partial charge in [-0.3, -0.25) is 4.79 Å². The number of nitrogens with zero attached hydrogens (tertiary/aromatic N) is 3. The summed E-state index contributed by atoms with van der Waals surface area (Å²) >= 11 is 0. The number of carbonyl (C=O) groups excluding carboxylic acids is 1.